The summed E-state index contributed by atoms with van der Waals surface area (Å²) in [6, 6.07) is 70.3. The smallest absolute Gasteiger partial charge is 0.252 e. The molecule has 270 valence electrons. The van der Waals surface area contributed by atoms with Crippen LogP contribution in [0.1, 0.15) is 0 Å². The lowest BCUT2D eigenvalue weighted by Gasteiger charge is -2.44. The fraction of sp³-hybridized carbons (Fsp3) is 0. The van der Waals surface area contributed by atoms with Crippen molar-refractivity contribution < 1.29 is 0 Å². The summed E-state index contributed by atoms with van der Waals surface area (Å²) in [6.07, 6.45) is 0. The average molecular weight is 747 g/mol. The van der Waals surface area contributed by atoms with E-state index in [1.54, 1.807) is 0 Å². The van der Waals surface area contributed by atoms with Gasteiger partial charge in [0, 0.05) is 71.5 Å². The highest BCUT2D eigenvalue weighted by Crippen LogP contribution is 2.50. The van der Waals surface area contributed by atoms with Crippen LogP contribution in [0, 0.1) is 0 Å². The molecule has 4 nitrogen and oxygen atoms in total. The van der Waals surface area contributed by atoms with Crippen LogP contribution < -0.4 is 26.2 Å². The second kappa shape index (κ2) is 10.6. The van der Waals surface area contributed by atoms with E-state index < -0.39 is 0 Å². The Morgan fingerprint density at radius 2 is 0.847 bits per heavy atom. The van der Waals surface area contributed by atoms with E-state index in [0.717, 1.165) is 11.4 Å². The molecule has 2 aliphatic rings. The maximum atomic E-state index is 2.57. The van der Waals surface area contributed by atoms with Crippen LogP contribution in [-0.4, -0.2) is 15.5 Å². The quantitative estimate of drug-likeness (QED) is 0.164. The molecule has 0 atom stereocenters. The van der Waals surface area contributed by atoms with Crippen LogP contribution >= 0.6 is 0 Å². The van der Waals surface area contributed by atoms with Crippen molar-refractivity contribution in [2.45, 2.75) is 0 Å². The van der Waals surface area contributed by atoms with E-state index in [2.05, 4.69) is 207 Å². The molecule has 6 heterocycles. The Morgan fingerprint density at radius 3 is 1.54 bits per heavy atom. The molecule has 0 saturated heterocycles. The monoisotopic (exact) mass is 746 g/mol. The van der Waals surface area contributed by atoms with E-state index in [9.17, 15) is 0 Å². The summed E-state index contributed by atoms with van der Waals surface area (Å²) >= 11 is 0. The van der Waals surface area contributed by atoms with E-state index in [4.69, 9.17) is 0 Å². The van der Waals surface area contributed by atoms with E-state index in [1.165, 1.54) is 115 Å². The molecule has 0 N–H and O–H groups in total. The van der Waals surface area contributed by atoms with Gasteiger partial charge in [-0.3, -0.25) is 0 Å². The number of anilines is 6. The minimum atomic E-state index is -0.0151. The highest BCUT2D eigenvalue weighted by Gasteiger charge is 2.45. The van der Waals surface area contributed by atoms with Crippen LogP contribution in [0.3, 0.4) is 0 Å². The maximum absolute atomic E-state index is 2.57. The standard InChI is InChI=1S/C54H31BN4/c1-3-14-32(15-4-1)56-46-26-13-27-47-51(46)55(42-31-48-40(30-49(42)56)38-22-11-20-36-34-18-8-10-25-44(34)59(48)52(36)38)41-28-29-45-50(54(41)57(47)33-16-5-2-6-17-33)39-23-12-21-37-35-19-7-9-24-43(35)58(45)53(37)39/h1-31H. The van der Waals surface area contributed by atoms with Crippen LogP contribution in [0.25, 0.3) is 76.2 Å². The summed E-state index contributed by atoms with van der Waals surface area (Å²) in [5.41, 5.74) is 18.8. The molecular formula is C54H31BN4. The van der Waals surface area contributed by atoms with Gasteiger partial charge in [0.1, 0.15) is 0 Å². The van der Waals surface area contributed by atoms with Crippen molar-refractivity contribution in [3.05, 3.63) is 188 Å². The Labute approximate surface area is 338 Å². The lowest BCUT2D eigenvalue weighted by molar-refractivity contribution is 1.26. The molecule has 5 heteroatoms. The Kier molecular flexibility index (Phi) is 5.46. The van der Waals surface area contributed by atoms with Gasteiger partial charge in [-0.05, 0) is 83.1 Å². The molecule has 0 aliphatic carbocycles. The van der Waals surface area contributed by atoms with E-state index in [1.807, 2.05) is 0 Å². The normalized spacial score (nSPS) is 13.7. The zero-order chi connectivity index (χ0) is 38.1. The van der Waals surface area contributed by atoms with Crippen LogP contribution in [0.2, 0.25) is 0 Å². The molecule has 0 bridgehead atoms. The van der Waals surface area contributed by atoms with E-state index >= 15 is 0 Å². The molecule has 0 spiro atoms. The average Bonchev–Trinajstić information content (AvgIpc) is 4.03. The summed E-state index contributed by atoms with van der Waals surface area (Å²) in [6.45, 7) is -0.0151. The first-order valence-electron chi connectivity index (χ1n) is 20.6. The summed E-state index contributed by atoms with van der Waals surface area (Å²) < 4.78 is 5.05. The predicted molar refractivity (Wildman–Crippen MR) is 250 cm³/mol. The van der Waals surface area contributed by atoms with Crippen molar-refractivity contribution in [2.24, 2.45) is 0 Å². The Morgan fingerprint density at radius 1 is 0.322 bits per heavy atom. The molecule has 0 unspecified atom stereocenters. The van der Waals surface area contributed by atoms with Gasteiger partial charge in [0.25, 0.3) is 6.71 Å². The van der Waals surface area contributed by atoms with Gasteiger partial charge >= 0.3 is 0 Å². The van der Waals surface area contributed by atoms with Crippen molar-refractivity contribution in [1.82, 2.24) is 8.80 Å². The number of fused-ring (bicyclic) bond motifs is 17. The molecular weight excluding hydrogens is 715 g/mol. The molecule has 15 rings (SSSR count). The third kappa shape index (κ3) is 3.56. The fourth-order valence-electron chi connectivity index (χ4n) is 11.6. The first kappa shape index (κ1) is 30.4. The van der Waals surface area contributed by atoms with Gasteiger partial charge in [0.2, 0.25) is 0 Å². The Bertz CT molecular complexity index is 3920. The van der Waals surface area contributed by atoms with E-state index in [0.29, 0.717) is 0 Å². The number of aromatic nitrogens is 2. The van der Waals surface area contributed by atoms with Crippen molar-refractivity contribution in [1.29, 1.82) is 0 Å². The number of benzene rings is 9. The molecule has 0 saturated carbocycles. The van der Waals surface area contributed by atoms with Crippen LogP contribution in [0.4, 0.5) is 34.1 Å². The summed E-state index contributed by atoms with van der Waals surface area (Å²) in [5.74, 6) is 0. The maximum Gasteiger partial charge on any atom is 0.252 e. The van der Waals surface area contributed by atoms with Gasteiger partial charge in [0.15, 0.2) is 0 Å². The molecule has 59 heavy (non-hydrogen) atoms. The number of rotatable bonds is 2. The predicted octanol–water partition coefficient (Wildman–Crippen LogP) is 12.1. The molecule has 4 aromatic heterocycles. The summed E-state index contributed by atoms with van der Waals surface area (Å²) in [5, 5.41) is 10.4. The molecule has 13 aromatic rings. The Balaban J connectivity index is 1.14. The van der Waals surface area contributed by atoms with E-state index in [-0.39, 0.29) is 6.71 Å². The zero-order valence-electron chi connectivity index (χ0n) is 31.8. The highest BCUT2D eigenvalue weighted by molar-refractivity contribution is 7.00. The Hall–Kier alpha value is -7.76. The largest absolute Gasteiger partial charge is 0.311 e. The first-order chi connectivity index (χ1) is 29.3. The molecule has 0 fully saturated rings. The van der Waals surface area contributed by atoms with Crippen molar-refractivity contribution in [3.63, 3.8) is 0 Å². The lowest BCUT2D eigenvalue weighted by Crippen LogP contribution is -2.61. The molecule has 2 aliphatic heterocycles. The van der Waals surface area contributed by atoms with Gasteiger partial charge in [-0.2, -0.15) is 0 Å². The summed E-state index contributed by atoms with van der Waals surface area (Å²) in [7, 11) is 0. The topological polar surface area (TPSA) is 15.3 Å². The first-order valence-corrected chi connectivity index (χ1v) is 20.6. The van der Waals surface area contributed by atoms with Gasteiger partial charge in [0.05, 0.1) is 38.8 Å². The number of nitrogens with zero attached hydrogens (tertiary/aromatic N) is 4. The second-order valence-corrected chi connectivity index (χ2v) is 16.4. The van der Waals surface area contributed by atoms with Crippen LogP contribution in [0.5, 0.6) is 0 Å². The number of hydrogen-bond acceptors (Lipinski definition) is 2. The third-order valence-corrected chi connectivity index (χ3v) is 13.7. The lowest BCUT2D eigenvalue weighted by atomic mass is 9.33. The highest BCUT2D eigenvalue weighted by atomic mass is 15.2. The molecule has 0 amide bonds. The SMILES string of the molecule is c1ccc(N2c3cc4c5cccc6c7ccccc7n(c4cc3B3c4ccc7c(c4N(c4ccccc4)c4cccc2c43)c2cccc3c4ccccc4n7c32)c65)cc1. The number of hydrogen-bond donors (Lipinski definition) is 0. The second-order valence-electron chi connectivity index (χ2n) is 16.4. The molecule has 9 aromatic carbocycles. The van der Waals surface area contributed by atoms with Crippen molar-refractivity contribution >= 4 is 133 Å². The van der Waals surface area contributed by atoms with Crippen LogP contribution in [-0.2, 0) is 0 Å². The summed E-state index contributed by atoms with van der Waals surface area (Å²) in [4.78, 5) is 5.09. The fourth-order valence-corrected chi connectivity index (χ4v) is 11.6. The van der Waals surface area contributed by atoms with Gasteiger partial charge in [-0.25, -0.2) is 0 Å². The van der Waals surface area contributed by atoms with Crippen LogP contribution in [0.15, 0.2) is 188 Å². The zero-order valence-corrected chi connectivity index (χ0v) is 31.8. The van der Waals surface area contributed by atoms with Crippen molar-refractivity contribution in [3.8, 4) is 0 Å². The van der Waals surface area contributed by atoms with Gasteiger partial charge in [-0.15, -0.1) is 0 Å². The van der Waals surface area contributed by atoms with Crippen molar-refractivity contribution in [2.75, 3.05) is 9.80 Å². The van der Waals surface area contributed by atoms with Gasteiger partial charge in [-0.1, -0.05) is 121 Å². The minimum Gasteiger partial charge on any atom is -0.311 e. The van der Waals surface area contributed by atoms with Gasteiger partial charge < -0.3 is 18.6 Å². The minimum absolute atomic E-state index is 0.0151. The molecule has 0 radical (unpaired) electrons. The number of para-hydroxylation sites is 6. The third-order valence-electron chi connectivity index (χ3n) is 13.7.